The van der Waals surface area contributed by atoms with Crippen molar-refractivity contribution >= 4 is 40.2 Å². The quantitative estimate of drug-likeness (QED) is 0.547. The van der Waals surface area contributed by atoms with Crippen LogP contribution in [0.2, 0.25) is 10.0 Å². The highest BCUT2D eigenvalue weighted by Crippen LogP contribution is 2.42. The molecule has 1 N–H and O–H groups in total. The first-order chi connectivity index (χ1) is 10.1. The summed E-state index contributed by atoms with van der Waals surface area (Å²) in [6.07, 6.45) is 1.75. The molecule has 0 radical (unpaired) electrons. The van der Waals surface area contributed by atoms with Gasteiger partial charge in [0, 0.05) is 5.10 Å². The molecular weight excluding hydrogens is 311 g/mol. The summed E-state index contributed by atoms with van der Waals surface area (Å²) >= 11 is 12.8. The number of halogens is 2. The molecule has 0 bridgehead atoms. The van der Waals surface area contributed by atoms with Crippen molar-refractivity contribution in [3.05, 3.63) is 40.3 Å². The second-order valence-corrected chi connectivity index (χ2v) is 5.63. The van der Waals surface area contributed by atoms with Crippen LogP contribution in [0.3, 0.4) is 0 Å². The maximum Gasteiger partial charge on any atom is 0.296 e. The number of aromatic nitrogens is 3. The molecule has 1 aliphatic heterocycles. The lowest BCUT2D eigenvalue weighted by molar-refractivity contribution is -0.567. The summed E-state index contributed by atoms with van der Waals surface area (Å²) in [5, 5.41) is 8.85. The third-order valence-electron chi connectivity index (χ3n) is 3.66. The second kappa shape index (κ2) is 4.26. The molecule has 3 heterocycles. The van der Waals surface area contributed by atoms with E-state index in [0.29, 0.717) is 15.8 Å². The van der Waals surface area contributed by atoms with Gasteiger partial charge in [-0.05, 0) is 25.1 Å². The van der Waals surface area contributed by atoms with E-state index in [-0.39, 0.29) is 0 Å². The first kappa shape index (κ1) is 12.7. The molecule has 1 aliphatic rings. The fourth-order valence-electron chi connectivity index (χ4n) is 2.66. The maximum atomic E-state index is 6.41. The molecule has 2 aromatic heterocycles. The van der Waals surface area contributed by atoms with Gasteiger partial charge in [-0.1, -0.05) is 27.7 Å². The van der Waals surface area contributed by atoms with Crippen molar-refractivity contribution in [3.63, 3.8) is 0 Å². The van der Waals surface area contributed by atoms with Crippen molar-refractivity contribution in [2.24, 2.45) is 0 Å². The Morgan fingerprint density at radius 2 is 2.10 bits per heavy atom. The molecule has 7 heteroatoms. The summed E-state index contributed by atoms with van der Waals surface area (Å²) in [6, 6.07) is 5.64. The number of pyridine rings is 1. The third-order valence-corrected chi connectivity index (χ3v) is 4.33. The van der Waals surface area contributed by atoms with Gasteiger partial charge in [0.15, 0.2) is 0 Å². The Balaban J connectivity index is 2.12. The van der Waals surface area contributed by atoms with Crippen molar-refractivity contribution in [3.8, 4) is 11.4 Å². The van der Waals surface area contributed by atoms with E-state index < -0.39 is 0 Å². The second-order valence-electron chi connectivity index (χ2n) is 4.85. The number of fused-ring (bicyclic) bond motifs is 2. The average Bonchev–Trinajstić information content (AvgIpc) is 2.91. The standard InChI is InChI=1S/C14H11Cl2N4O/c1-7-5-8(15)12-14-19(6-17-20(7)14)9-3-4-10(21-2)11(16)13(9)18-12/h3-6,18H,1-2H3/q+1. The highest BCUT2D eigenvalue weighted by atomic mass is 35.5. The SMILES string of the molecule is COc1ccc2c(c1Cl)Nc1c(Cl)cc(C)n3nc[n+]-2c13. The highest BCUT2D eigenvalue weighted by molar-refractivity contribution is 6.36. The Hall–Kier alpha value is -1.98. The molecule has 3 aromatic rings. The van der Waals surface area contributed by atoms with Gasteiger partial charge >= 0.3 is 0 Å². The van der Waals surface area contributed by atoms with Crippen molar-refractivity contribution in [1.82, 2.24) is 9.61 Å². The molecule has 4 rings (SSSR count). The van der Waals surface area contributed by atoms with Gasteiger partial charge in [0.1, 0.15) is 33.5 Å². The molecule has 0 fully saturated rings. The number of benzene rings is 1. The largest absolute Gasteiger partial charge is 0.495 e. The number of nitrogens with zero attached hydrogens (tertiary/aromatic N) is 3. The number of hydrogen-bond acceptors (Lipinski definition) is 3. The molecular formula is C14H11Cl2N4O+. The summed E-state index contributed by atoms with van der Waals surface area (Å²) in [5.41, 5.74) is 4.29. The first-order valence-electron chi connectivity index (χ1n) is 6.34. The Kier molecular flexibility index (Phi) is 2.58. The molecule has 1 aromatic carbocycles. The number of rotatable bonds is 1. The molecule has 106 valence electrons. The lowest BCUT2D eigenvalue weighted by Gasteiger charge is -2.19. The summed E-state index contributed by atoms with van der Waals surface area (Å²) in [6.45, 7) is 1.96. The number of aryl methyl sites for hydroxylation is 1. The molecule has 0 unspecified atom stereocenters. The highest BCUT2D eigenvalue weighted by Gasteiger charge is 2.30. The van der Waals surface area contributed by atoms with Crippen LogP contribution in [0.4, 0.5) is 11.4 Å². The van der Waals surface area contributed by atoms with E-state index in [2.05, 4.69) is 10.4 Å². The van der Waals surface area contributed by atoms with Gasteiger partial charge in [0.25, 0.3) is 12.0 Å². The van der Waals surface area contributed by atoms with Gasteiger partial charge in [-0.25, -0.2) is 0 Å². The monoisotopic (exact) mass is 321 g/mol. The van der Waals surface area contributed by atoms with E-state index in [9.17, 15) is 0 Å². The van der Waals surface area contributed by atoms with Gasteiger partial charge in [-0.15, -0.1) is 0 Å². The van der Waals surface area contributed by atoms with Crippen LogP contribution in [0.1, 0.15) is 5.69 Å². The number of methoxy groups -OCH3 is 1. The van der Waals surface area contributed by atoms with Crippen LogP contribution in [0, 0.1) is 6.92 Å². The number of nitrogens with one attached hydrogen (secondary N) is 1. The lowest BCUT2D eigenvalue weighted by Crippen LogP contribution is -2.34. The van der Waals surface area contributed by atoms with Crippen molar-refractivity contribution < 1.29 is 9.30 Å². The summed E-state index contributed by atoms with van der Waals surface area (Å²) < 4.78 is 9.07. The Morgan fingerprint density at radius 1 is 1.29 bits per heavy atom. The van der Waals surface area contributed by atoms with Gasteiger partial charge in [-0.3, -0.25) is 0 Å². The Morgan fingerprint density at radius 3 is 2.86 bits per heavy atom. The average molecular weight is 322 g/mol. The van der Waals surface area contributed by atoms with E-state index in [0.717, 1.165) is 28.4 Å². The van der Waals surface area contributed by atoms with Gasteiger partial charge in [0.2, 0.25) is 0 Å². The van der Waals surface area contributed by atoms with Crippen LogP contribution in [-0.2, 0) is 0 Å². The van der Waals surface area contributed by atoms with Crippen LogP contribution in [0.25, 0.3) is 11.3 Å². The first-order valence-corrected chi connectivity index (χ1v) is 7.10. The molecule has 0 aliphatic carbocycles. The van der Waals surface area contributed by atoms with E-state index in [1.54, 1.807) is 13.4 Å². The van der Waals surface area contributed by atoms with Crippen LogP contribution in [0.15, 0.2) is 24.5 Å². The van der Waals surface area contributed by atoms with Gasteiger partial charge < -0.3 is 10.1 Å². The Labute approximate surface area is 130 Å². The van der Waals surface area contributed by atoms with E-state index >= 15 is 0 Å². The van der Waals surface area contributed by atoms with E-state index in [1.165, 1.54) is 0 Å². The molecule has 21 heavy (non-hydrogen) atoms. The molecule has 0 amide bonds. The van der Waals surface area contributed by atoms with Crippen molar-refractivity contribution in [1.29, 1.82) is 0 Å². The minimum atomic E-state index is 0.518. The summed E-state index contributed by atoms with van der Waals surface area (Å²) in [7, 11) is 1.59. The zero-order valence-electron chi connectivity index (χ0n) is 11.3. The minimum absolute atomic E-state index is 0.518. The molecule has 0 saturated heterocycles. The van der Waals surface area contributed by atoms with Crippen LogP contribution >= 0.6 is 23.2 Å². The molecule has 5 nitrogen and oxygen atoms in total. The number of hydrogen-bond donors (Lipinski definition) is 1. The smallest absolute Gasteiger partial charge is 0.296 e. The van der Waals surface area contributed by atoms with Crippen LogP contribution in [-0.4, -0.2) is 16.7 Å². The topological polar surface area (TPSA) is 42.4 Å². The van der Waals surface area contributed by atoms with Crippen LogP contribution < -0.4 is 14.6 Å². The predicted octanol–water partition coefficient (Wildman–Crippen LogP) is 3.29. The van der Waals surface area contributed by atoms with Crippen LogP contribution in [0.5, 0.6) is 5.75 Å². The van der Waals surface area contributed by atoms with E-state index in [4.69, 9.17) is 27.9 Å². The third kappa shape index (κ3) is 1.58. The normalized spacial score (nSPS) is 12.2. The fourth-order valence-corrected chi connectivity index (χ4v) is 3.24. The predicted molar refractivity (Wildman–Crippen MR) is 81.3 cm³/mol. The zero-order chi connectivity index (χ0) is 14.7. The van der Waals surface area contributed by atoms with E-state index in [1.807, 2.05) is 34.2 Å². The van der Waals surface area contributed by atoms with Crippen molar-refractivity contribution in [2.45, 2.75) is 6.92 Å². The fraction of sp³-hybridized carbons (Fsp3) is 0.143. The Bertz CT molecular complexity index is 904. The zero-order valence-corrected chi connectivity index (χ0v) is 12.8. The summed E-state index contributed by atoms with van der Waals surface area (Å²) in [4.78, 5) is 0. The number of ether oxygens (including phenoxy) is 1. The summed E-state index contributed by atoms with van der Waals surface area (Å²) in [5.74, 6) is 0.610. The van der Waals surface area contributed by atoms with Gasteiger partial charge in [0.05, 0.1) is 12.1 Å². The maximum absolute atomic E-state index is 6.41. The molecule has 0 atom stereocenters. The molecule has 0 spiro atoms. The minimum Gasteiger partial charge on any atom is -0.495 e. The van der Waals surface area contributed by atoms with Crippen molar-refractivity contribution in [2.75, 3.05) is 12.4 Å². The molecule has 0 saturated carbocycles. The van der Waals surface area contributed by atoms with Gasteiger partial charge in [-0.2, -0.15) is 4.57 Å². The lowest BCUT2D eigenvalue weighted by atomic mass is 10.2. The number of anilines is 2.